The van der Waals surface area contributed by atoms with Crippen molar-refractivity contribution in [2.45, 2.75) is 6.92 Å². The highest BCUT2D eigenvalue weighted by molar-refractivity contribution is 7.34. The maximum atomic E-state index is 11.6. The van der Waals surface area contributed by atoms with Crippen molar-refractivity contribution in [3.8, 4) is 0 Å². The average molecular weight is 304 g/mol. The fourth-order valence-corrected chi connectivity index (χ4v) is 6.50. The van der Waals surface area contributed by atoms with E-state index in [1.54, 1.807) is 18.9 Å². The van der Waals surface area contributed by atoms with Gasteiger partial charge in [0.15, 0.2) is 0 Å². The van der Waals surface area contributed by atoms with Crippen LogP contribution in [0.25, 0.3) is 0 Å². The molecule has 0 N–H and O–H groups in total. The fourth-order valence-electron chi connectivity index (χ4n) is 2.19. The molecule has 0 saturated carbocycles. The minimum atomic E-state index is -2.45. The second kappa shape index (κ2) is 6.24. The van der Waals surface area contributed by atoms with Gasteiger partial charge in [0.1, 0.15) is 0 Å². The largest absolute Gasteiger partial charge is 0.347 e. The third-order valence-corrected chi connectivity index (χ3v) is 8.53. The van der Waals surface area contributed by atoms with E-state index >= 15 is 0 Å². The third kappa shape index (κ3) is 3.11. The number of halogens is 1. The van der Waals surface area contributed by atoms with Crippen molar-refractivity contribution < 1.29 is 4.79 Å². The molecule has 0 aromatic heterocycles. The Morgan fingerprint density at radius 1 is 1.00 bits per heavy atom. The summed E-state index contributed by atoms with van der Waals surface area (Å²) in [4.78, 5) is 13.3. The van der Waals surface area contributed by atoms with Gasteiger partial charge in [-0.25, -0.2) is 0 Å². The van der Waals surface area contributed by atoms with Crippen LogP contribution in [0.1, 0.15) is 6.92 Å². The Morgan fingerprint density at radius 3 is 1.75 bits per heavy atom. The minimum absolute atomic E-state index is 0.0365. The molecule has 0 atom stereocenters. The predicted molar refractivity (Wildman–Crippen MR) is 87.1 cm³/mol. The molecule has 104 valence electrons. The Bertz CT molecular complexity index is 534. The molecule has 1 amide bonds. The van der Waals surface area contributed by atoms with E-state index in [4.69, 9.17) is 11.1 Å². The van der Waals surface area contributed by atoms with E-state index < -0.39 is 7.38 Å². The van der Waals surface area contributed by atoms with Crippen LogP contribution < -0.4 is 10.4 Å². The lowest BCUT2D eigenvalue weighted by Gasteiger charge is -2.30. The quantitative estimate of drug-likeness (QED) is 0.625. The molecular weight excluding hydrogens is 286 g/mol. The van der Waals surface area contributed by atoms with Crippen LogP contribution in [0.2, 0.25) is 0 Å². The highest BCUT2D eigenvalue weighted by Gasteiger charge is 2.37. The molecule has 20 heavy (non-hydrogen) atoms. The molecule has 2 aromatic carbocycles. The van der Waals surface area contributed by atoms with Crippen molar-refractivity contribution in [2.24, 2.45) is 0 Å². The molecule has 0 aliphatic carbocycles. The highest BCUT2D eigenvalue weighted by atomic mass is 35.6. The van der Waals surface area contributed by atoms with Crippen molar-refractivity contribution in [3.05, 3.63) is 60.7 Å². The SMILES string of the molecule is CC(=O)N(C)C[Si](Cl)(c1ccccc1)c1ccccc1. The van der Waals surface area contributed by atoms with Crippen LogP contribution in [0.5, 0.6) is 0 Å². The summed E-state index contributed by atoms with van der Waals surface area (Å²) in [7, 11) is -0.646. The molecule has 2 aromatic rings. The molecule has 0 unspecified atom stereocenters. The molecule has 0 saturated heterocycles. The lowest BCUT2D eigenvalue weighted by atomic mass is 10.4. The van der Waals surface area contributed by atoms with Crippen LogP contribution in [0.4, 0.5) is 0 Å². The lowest BCUT2D eigenvalue weighted by molar-refractivity contribution is -0.126. The Kier molecular flexibility index (Phi) is 4.63. The number of nitrogens with zero attached hydrogens (tertiary/aromatic N) is 1. The van der Waals surface area contributed by atoms with E-state index in [1.165, 1.54) is 0 Å². The summed E-state index contributed by atoms with van der Waals surface area (Å²) >= 11 is 7.07. The number of hydrogen-bond acceptors (Lipinski definition) is 1. The molecule has 2 rings (SSSR count). The van der Waals surface area contributed by atoms with E-state index in [9.17, 15) is 4.79 Å². The molecule has 0 heterocycles. The van der Waals surface area contributed by atoms with E-state index in [0.717, 1.165) is 10.4 Å². The first-order valence-electron chi connectivity index (χ1n) is 6.56. The van der Waals surface area contributed by atoms with Crippen molar-refractivity contribution >= 4 is 34.7 Å². The predicted octanol–water partition coefficient (Wildman–Crippen LogP) is 2.00. The summed E-state index contributed by atoms with van der Waals surface area (Å²) in [5.74, 6) is 0.0365. The summed E-state index contributed by atoms with van der Waals surface area (Å²) in [6.45, 7) is 1.57. The van der Waals surface area contributed by atoms with Crippen molar-refractivity contribution in [1.82, 2.24) is 4.90 Å². The summed E-state index contributed by atoms with van der Waals surface area (Å²) in [5, 5.41) is 2.25. The zero-order chi connectivity index (χ0) is 14.6. The smallest absolute Gasteiger partial charge is 0.236 e. The highest BCUT2D eigenvalue weighted by Crippen LogP contribution is 2.12. The van der Waals surface area contributed by atoms with Gasteiger partial charge in [0.05, 0.1) is 0 Å². The number of rotatable bonds is 4. The van der Waals surface area contributed by atoms with Crippen LogP contribution in [0, 0.1) is 0 Å². The van der Waals surface area contributed by atoms with E-state index in [-0.39, 0.29) is 5.91 Å². The molecule has 0 fully saturated rings. The monoisotopic (exact) mass is 303 g/mol. The third-order valence-electron chi connectivity index (χ3n) is 3.46. The fraction of sp³-hybridized carbons (Fsp3) is 0.188. The summed E-state index contributed by atoms with van der Waals surface area (Å²) < 4.78 is 0. The Morgan fingerprint density at radius 2 is 1.40 bits per heavy atom. The van der Waals surface area contributed by atoms with E-state index in [0.29, 0.717) is 6.17 Å². The molecule has 2 nitrogen and oxygen atoms in total. The molecule has 0 aliphatic heterocycles. The standard InChI is InChI=1S/C16H18ClNOSi/c1-14(19)18(2)13-20(17,15-9-5-3-6-10-15)16-11-7-4-8-12-16/h3-12H,13H2,1-2H3. The second-order valence-electron chi connectivity index (χ2n) is 4.91. The van der Waals surface area contributed by atoms with Gasteiger partial charge in [-0.3, -0.25) is 4.79 Å². The topological polar surface area (TPSA) is 20.3 Å². The second-order valence-corrected chi connectivity index (χ2v) is 9.92. The van der Waals surface area contributed by atoms with E-state index in [1.807, 2.05) is 36.4 Å². The average Bonchev–Trinajstić information content (AvgIpc) is 2.48. The number of benzene rings is 2. The maximum Gasteiger partial charge on any atom is 0.236 e. The first-order chi connectivity index (χ1) is 9.54. The van der Waals surface area contributed by atoms with Gasteiger partial charge >= 0.3 is 0 Å². The number of carbonyl (C=O) groups is 1. The first-order valence-corrected chi connectivity index (χ1v) is 9.77. The van der Waals surface area contributed by atoms with Crippen LogP contribution in [0.15, 0.2) is 60.7 Å². The van der Waals surface area contributed by atoms with Gasteiger partial charge in [-0.1, -0.05) is 60.7 Å². The number of carbonyl (C=O) groups excluding carboxylic acids is 1. The van der Waals surface area contributed by atoms with Gasteiger partial charge in [-0.2, -0.15) is 11.1 Å². The van der Waals surface area contributed by atoms with Gasteiger partial charge < -0.3 is 4.90 Å². The number of hydrogen-bond donors (Lipinski definition) is 0. The molecular formula is C16H18ClNOSi. The van der Waals surface area contributed by atoms with Crippen molar-refractivity contribution in [3.63, 3.8) is 0 Å². The maximum absolute atomic E-state index is 11.6. The zero-order valence-electron chi connectivity index (χ0n) is 11.7. The van der Waals surface area contributed by atoms with Gasteiger partial charge in [0.25, 0.3) is 0 Å². The summed E-state index contributed by atoms with van der Waals surface area (Å²) in [6.07, 6.45) is 0.567. The Balaban J connectivity index is 2.46. The summed E-state index contributed by atoms with van der Waals surface area (Å²) in [6, 6.07) is 20.2. The lowest BCUT2D eigenvalue weighted by Crippen LogP contribution is -2.61. The molecule has 4 heteroatoms. The Labute approximate surface area is 125 Å². The molecule has 0 aliphatic rings. The Hall–Kier alpha value is -1.58. The van der Waals surface area contributed by atoms with Gasteiger partial charge in [0, 0.05) is 20.1 Å². The van der Waals surface area contributed by atoms with Crippen LogP contribution in [-0.2, 0) is 4.79 Å². The molecule has 0 bridgehead atoms. The number of amides is 1. The van der Waals surface area contributed by atoms with Crippen LogP contribution >= 0.6 is 11.1 Å². The first kappa shape index (κ1) is 14.8. The molecule has 0 spiro atoms. The van der Waals surface area contributed by atoms with Crippen LogP contribution in [-0.4, -0.2) is 31.4 Å². The zero-order valence-corrected chi connectivity index (χ0v) is 13.5. The van der Waals surface area contributed by atoms with Gasteiger partial charge in [0.2, 0.25) is 13.3 Å². The van der Waals surface area contributed by atoms with Gasteiger partial charge in [-0.15, -0.1) is 0 Å². The van der Waals surface area contributed by atoms with E-state index in [2.05, 4.69) is 24.3 Å². The van der Waals surface area contributed by atoms with Gasteiger partial charge in [-0.05, 0) is 10.4 Å². The normalized spacial score (nSPS) is 11.2. The van der Waals surface area contributed by atoms with Crippen molar-refractivity contribution in [2.75, 3.05) is 13.2 Å². The molecule has 0 radical (unpaired) electrons. The van der Waals surface area contributed by atoms with Crippen molar-refractivity contribution in [1.29, 1.82) is 0 Å². The van der Waals surface area contributed by atoms with Crippen LogP contribution in [0.3, 0.4) is 0 Å². The minimum Gasteiger partial charge on any atom is -0.347 e. The summed E-state index contributed by atoms with van der Waals surface area (Å²) in [5.41, 5.74) is 0.